The molecule has 0 amide bonds. The van der Waals surface area contributed by atoms with Gasteiger partial charge in [0.25, 0.3) is 0 Å². The Morgan fingerprint density at radius 3 is 2.81 bits per heavy atom. The lowest BCUT2D eigenvalue weighted by Crippen LogP contribution is -2.24. The summed E-state index contributed by atoms with van der Waals surface area (Å²) < 4.78 is 19.6. The average molecular weight is 309 g/mol. The monoisotopic (exact) mass is 308 g/mol. The quantitative estimate of drug-likeness (QED) is 0.876. The number of hydrogen-bond acceptors (Lipinski definition) is 3. The molecule has 3 nitrogen and oxygen atoms in total. The molecule has 0 spiro atoms. The molecule has 0 fully saturated rings. The third-order valence-electron chi connectivity index (χ3n) is 3.18. The highest BCUT2D eigenvalue weighted by molar-refractivity contribution is 6.30. The van der Waals surface area contributed by atoms with Gasteiger partial charge in [0.15, 0.2) is 0 Å². The van der Waals surface area contributed by atoms with Crippen LogP contribution in [0.1, 0.15) is 30.5 Å². The van der Waals surface area contributed by atoms with Crippen LogP contribution in [0, 0.1) is 5.82 Å². The van der Waals surface area contributed by atoms with E-state index in [-0.39, 0.29) is 11.9 Å². The topological polar surface area (TPSA) is 34.2 Å². The molecule has 1 N–H and O–H groups in total. The van der Waals surface area contributed by atoms with Crippen molar-refractivity contribution in [2.24, 2.45) is 0 Å². The largest absolute Gasteiger partial charge is 0.481 e. The molecule has 0 aliphatic carbocycles. The number of ether oxygens (including phenoxy) is 1. The van der Waals surface area contributed by atoms with Gasteiger partial charge in [0.1, 0.15) is 5.82 Å². The maximum Gasteiger partial charge on any atom is 0.218 e. The van der Waals surface area contributed by atoms with Crippen LogP contribution >= 0.6 is 11.6 Å². The first-order valence-electron chi connectivity index (χ1n) is 6.84. The van der Waals surface area contributed by atoms with Crippen LogP contribution in [0.2, 0.25) is 5.02 Å². The zero-order valence-corrected chi connectivity index (χ0v) is 12.8. The van der Waals surface area contributed by atoms with Gasteiger partial charge in [0.05, 0.1) is 13.2 Å². The van der Waals surface area contributed by atoms with Crippen LogP contribution in [-0.4, -0.2) is 18.6 Å². The standard InChI is InChI=1S/C16H18ClFN2O/c1-3-8-19-15(12-7-6-11(17)10-14(12)18)13-5-4-9-20-16(13)21-2/h4-7,9-10,15,19H,3,8H2,1-2H3. The summed E-state index contributed by atoms with van der Waals surface area (Å²) in [5.41, 5.74) is 1.33. The third kappa shape index (κ3) is 3.71. The van der Waals surface area contributed by atoms with Crippen molar-refractivity contribution in [2.75, 3.05) is 13.7 Å². The van der Waals surface area contributed by atoms with E-state index in [0.29, 0.717) is 16.5 Å². The van der Waals surface area contributed by atoms with Crippen LogP contribution in [0.5, 0.6) is 5.88 Å². The van der Waals surface area contributed by atoms with Gasteiger partial charge in [-0.25, -0.2) is 9.37 Å². The summed E-state index contributed by atoms with van der Waals surface area (Å²) in [5.74, 6) is 0.141. The molecule has 112 valence electrons. The van der Waals surface area contributed by atoms with E-state index in [9.17, 15) is 4.39 Å². The predicted octanol–water partition coefficient (Wildman–Crippen LogP) is 3.97. The summed E-state index contributed by atoms with van der Waals surface area (Å²) in [7, 11) is 1.56. The van der Waals surface area contributed by atoms with Crippen molar-refractivity contribution in [3.05, 3.63) is 58.5 Å². The lowest BCUT2D eigenvalue weighted by Gasteiger charge is -2.21. The molecule has 2 rings (SSSR count). The normalized spacial score (nSPS) is 12.2. The Balaban J connectivity index is 2.47. The number of benzene rings is 1. The fraction of sp³-hybridized carbons (Fsp3) is 0.312. The Hall–Kier alpha value is -1.65. The first kappa shape index (κ1) is 15.7. The number of methoxy groups -OCH3 is 1. The minimum atomic E-state index is -0.345. The van der Waals surface area contributed by atoms with Crippen molar-refractivity contribution in [3.63, 3.8) is 0 Å². The lowest BCUT2D eigenvalue weighted by molar-refractivity contribution is 0.386. The van der Waals surface area contributed by atoms with E-state index in [2.05, 4.69) is 17.2 Å². The molecule has 1 heterocycles. The molecule has 1 aromatic carbocycles. The van der Waals surface area contributed by atoms with Gasteiger partial charge in [-0.2, -0.15) is 0 Å². The highest BCUT2D eigenvalue weighted by atomic mass is 35.5. The number of rotatable bonds is 6. The molecular weight excluding hydrogens is 291 g/mol. The molecular formula is C16H18ClFN2O. The Labute approximate surface area is 129 Å². The van der Waals surface area contributed by atoms with Crippen molar-refractivity contribution in [2.45, 2.75) is 19.4 Å². The molecule has 0 saturated carbocycles. The van der Waals surface area contributed by atoms with Crippen molar-refractivity contribution >= 4 is 11.6 Å². The van der Waals surface area contributed by atoms with Crippen molar-refractivity contribution in [1.29, 1.82) is 0 Å². The Bertz CT molecular complexity index is 607. The van der Waals surface area contributed by atoms with Gasteiger partial charge in [0.2, 0.25) is 5.88 Å². The zero-order chi connectivity index (χ0) is 15.2. The number of aromatic nitrogens is 1. The van der Waals surface area contributed by atoms with Gasteiger partial charge < -0.3 is 10.1 Å². The van der Waals surface area contributed by atoms with E-state index in [1.165, 1.54) is 6.07 Å². The second kappa shape index (κ2) is 7.38. The predicted molar refractivity (Wildman–Crippen MR) is 82.3 cm³/mol. The number of hydrogen-bond donors (Lipinski definition) is 1. The molecule has 0 radical (unpaired) electrons. The first-order valence-corrected chi connectivity index (χ1v) is 7.22. The van der Waals surface area contributed by atoms with Crippen molar-refractivity contribution in [1.82, 2.24) is 10.3 Å². The molecule has 5 heteroatoms. The number of nitrogens with zero attached hydrogens (tertiary/aromatic N) is 1. The van der Waals surface area contributed by atoms with E-state index < -0.39 is 0 Å². The van der Waals surface area contributed by atoms with Crippen LogP contribution in [0.4, 0.5) is 4.39 Å². The highest BCUT2D eigenvalue weighted by Gasteiger charge is 2.21. The zero-order valence-electron chi connectivity index (χ0n) is 12.1. The average Bonchev–Trinajstić information content (AvgIpc) is 2.49. The van der Waals surface area contributed by atoms with Crippen LogP contribution in [0.25, 0.3) is 0 Å². The van der Waals surface area contributed by atoms with Crippen LogP contribution in [0.3, 0.4) is 0 Å². The van der Waals surface area contributed by atoms with Gasteiger partial charge in [0, 0.05) is 22.3 Å². The Kier molecular flexibility index (Phi) is 5.53. The summed E-state index contributed by atoms with van der Waals surface area (Å²) >= 11 is 5.83. The molecule has 1 aromatic heterocycles. The van der Waals surface area contributed by atoms with Gasteiger partial charge in [-0.15, -0.1) is 0 Å². The minimum Gasteiger partial charge on any atom is -0.481 e. The molecule has 0 aliphatic heterocycles. The van der Waals surface area contributed by atoms with Crippen molar-refractivity contribution in [3.8, 4) is 5.88 Å². The molecule has 0 bridgehead atoms. The van der Waals surface area contributed by atoms with Crippen LogP contribution in [0.15, 0.2) is 36.5 Å². The number of halogens is 2. The summed E-state index contributed by atoms with van der Waals surface area (Å²) in [4.78, 5) is 4.19. The number of nitrogens with one attached hydrogen (secondary N) is 1. The summed E-state index contributed by atoms with van der Waals surface area (Å²) in [6.07, 6.45) is 2.59. The molecule has 0 saturated heterocycles. The van der Waals surface area contributed by atoms with Gasteiger partial charge in [-0.05, 0) is 31.2 Å². The minimum absolute atomic E-state index is 0.328. The first-order chi connectivity index (χ1) is 10.2. The molecule has 0 aliphatic rings. The van der Waals surface area contributed by atoms with E-state index in [4.69, 9.17) is 16.3 Å². The fourth-order valence-electron chi connectivity index (χ4n) is 2.21. The Morgan fingerprint density at radius 2 is 2.14 bits per heavy atom. The highest BCUT2D eigenvalue weighted by Crippen LogP contribution is 2.30. The molecule has 1 atom stereocenters. The van der Waals surface area contributed by atoms with E-state index in [1.807, 2.05) is 12.1 Å². The summed E-state index contributed by atoms with van der Waals surface area (Å²) in [6.45, 7) is 2.81. The molecule has 1 unspecified atom stereocenters. The smallest absolute Gasteiger partial charge is 0.218 e. The maximum atomic E-state index is 14.3. The number of pyridine rings is 1. The second-order valence-electron chi connectivity index (χ2n) is 4.65. The fourth-order valence-corrected chi connectivity index (χ4v) is 2.36. The summed E-state index contributed by atoms with van der Waals surface area (Å²) in [5, 5.41) is 3.71. The Morgan fingerprint density at radius 1 is 1.33 bits per heavy atom. The second-order valence-corrected chi connectivity index (χ2v) is 5.09. The van der Waals surface area contributed by atoms with Gasteiger partial charge >= 0.3 is 0 Å². The van der Waals surface area contributed by atoms with Crippen LogP contribution in [-0.2, 0) is 0 Å². The lowest BCUT2D eigenvalue weighted by atomic mass is 9.99. The van der Waals surface area contributed by atoms with Crippen molar-refractivity contribution < 1.29 is 9.13 Å². The van der Waals surface area contributed by atoms with Gasteiger partial charge in [-0.1, -0.05) is 30.7 Å². The van der Waals surface area contributed by atoms with Gasteiger partial charge in [-0.3, -0.25) is 0 Å². The van der Waals surface area contributed by atoms with Crippen LogP contribution < -0.4 is 10.1 Å². The van der Waals surface area contributed by atoms with E-state index in [1.54, 1.807) is 25.4 Å². The van der Waals surface area contributed by atoms with E-state index >= 15 is 0 Å². The van der Waals surface area contributed by atoms with E-state index in [0.717, 1.165) is 18.5 Å². The SMILES string of the molecule is CCCNC(c1ccc(Cl)cc1F)c1cccnc1OC. The summed E-state index contributed by atoms with van der Waals surface area (Å²) in [6, 6.07) is 8.06. The maximum absolute atomic E-state index is 14.3. The molecule has 2 aromatic rings. The molecule has 21 heavy (non-hydrogen) atoms. The third-order valence-corrected chi connectivity index (χ3v) is 3.41.